The Morgan fingerprint density at radius 3 is 2.44 bits per heavy atom. The summed E-state index contributed by atoms with van der Waals surface area (Å²) in [6, 6.07) is 1.83. The van der Waals surface area contributed by atoms with E-state index in [0.29, 0.717) is 17.9 Å². The lowest BCUT2D eigenvalue weighted by molar-refractivity contribution is 0.0897. The molecule has 0 saturated carbocycles. The van der Waals surface area contributed by atoms with Gasteiger partial charge in [-0.25, -0.2) is 0 Å². The van der Waals surface area contributed by atoms with Gasteiger partial charge in [0.05, 0.1) is 5.56 Å². The molecule has 1 unspecified atom stereocenters. The summed E-state index contributed by atoms with van der Waals surface area (Å²) in [5.41, 5.74) is 6.20. The topological polar surface area (TPSA) is 68.3 Å². The molecule has 1 heterocycles. The Balaban J connectivity index is 2.82. The van der Waals surface area contributed by atoms with Crippen molar-refractivity contribution in [3.63, 3.8) is 0 Å². The highest BCUT2D eigenvalue weighted by Gasteiger charge is 2.26. The van der Waals surface area contributed by atoms with Crippen molar-refractivity contribution >= 4 is 5.91 Å². The molecule has 1 rings (SSSR count). The van der Waals surface area contributed by atoms with Gasteiger partial charge in [-0.05, 0) is 38.3 Å². The number of carbonyl (C=O) groups is 1. The van der Waals surface area contributed by atoms with Crippen molar-refractivity contribution in [2.24, 2.45) is 11.1 Å². The predicted octanol–water partition coefficient (Wildman–Crippen LogP) is 2.39. The standard InChI is InChI=1S/C14H24N2O2/c1-9-8-11(10(2)18-9)13(17)16-12(6-7-15)14(3,4)5/h8,12H,6-7,15H2,1-5H3,(H,16,17). The molecule has 102 valence electrons. The summed E-state index contributed by atoms with van der Waals surface area (Å²) in [6.07, 6.45) is 0.769. The van der Waals surface area contributed by atoms with E-state index in [4.69, 9.17) is 10.2 Å². The fourth-order valence-corrected chi connectivity index (χ4v) is 1.98. The highest BCUT2D eigenvalue weighted by molar-refractivity contribution is 5.95. The lowest BCUT2D eigenvalue weighted by Gasteiger charge is -2.31. The molecule has 3 N–H and O–H groups in total. The van der Waals surface area contributed by atoms with Crippen molar-refractivity contribution in [3.05, 3.63) is 23.2 Å². The van der Waals surface area contributed by atoms with Crippen LogP contribution in [0, 0.1) is 19.3 Å². The molecule has 0 aliphatic rings. The molecule has 0 saturated heterocycles. The second kappa shape index (κ2) is 5.57. The van der Waals surface area contributed by atoms with E-state index in [1.807, 2.05) is 6.92 Å². The van der Waals surface area contributed by atoms with Gasteiger partial charge >= 0.3 is 0 Å². The molecular formula is C14H24N2O2. The molecule has 0 radical (unpaired) electrons. The van der Waals surface area contributed by atoms with E-state index < -0.39 is 0 Å². The van der Waals surface area contributed by atoms with E-state index in [1.54, 1.807) is 13.0 Å². The Morgan fingerprint density at radius 2 is 2.06 bits per heavy atom. The summed E-state index contributed by atoms with van der Waals surface area (Å²) in [4.78, 5) is 12.2. The van der Waals surface area contributed by atoms with Crippen LogP contribution in [0.3, 0.4) is 0 Å². The predicted molar refractivity (Wildman–Crippen MR) is 72.6 cm³/mol. The van der Waals surface area contributed by atoms with Gasteiger partial charge in [0.2, 0.25) is 0 Å². The number of nitrogens with one attached hydrogen (secondary N) is 1. The van der Waals surface area contributed by atoms with Crippen LogP contribution < -0.4 is 11.1 Å². The van der Waals surface area contributed by atoms with Crippen molar-refractivity contribution in [3.8, 4) is 0 Å². The van der Waals surface area contributed by atoms with Gasteiger partial charge in [0.15, 0.2) is 0 Å². The minimum atomic E-state index is -0.0854. The van der Waals surface area contributed by atoms with Crippen molar-refractivity contribution in [2.45, 2.75) is 47.1 Å². The Labute approximate surface area is 109 Å². The van der Waals surface area contributed by atoms with Crippen molar-refractivity contribution in [1.29, 1.82) is 0 Å². The van der Waals surface area contributed by atoms with E-state index >= 15 is 0 Å². The number of aryl methyl sites for hydroxylation is 2. The average Bonchev–Trinajstić information content (AvgIpc) is 2.55. The first-order valence-corrected chi connectivity index (χ1v) is 6.33. The first-order valence-electron chi connectivity index (χ1n) is 6.33. The fraction of sp³-hybridized carbons (Fsp3) is 0.643. The van der Waals surface area contributed by atoms with Gasteiger partial charge in [-0.1, -0.05) is 20.8 Å². The van der Waals surface area contributed by atoms with Crippen LogP contribution in [-0.2, 0) is 0 Å². The first kappa shape index (κ1) is 14.8. The Bertz CT molecular complexity index is 416. The summed E-state index contributed by atoms with van der Waals surface area (Å²) in [5.74, 6) is 1.33. The van der Waals surface area contributed by atoms with Gasteiger partial charge in [-0.3, -0.25) is 4.79 Å². The normalized spacial score (nSPS) is 13.4. The minimum absolute atomic E-state index is 0.0122. The second-order valence-electron chi connectivity index (χ2n) is 5.80. The average molecular weight is 252 g/mol. The Hall–Kier alpha value is -1.29. The van der Waals surface area contributed by atoms with E-state index in [-0.39, 0.29) is 17.4 Å². The molecule has 1 aromatic heterocycles. The zero-order chi connectivity index (χ0) is 13.9. The van der Waals surface area contributed by atoms with Crippen molar-refractivity contribution < 1.29 is 9.21 Å². The zero-order valence-corrected chi connectivity index (χ0v) is 12.0. The number of amides is 1. The van der Waals surface area contributed by atoms with Crippen LogP contribution in [0.1, 0.15) is 49.1 Å². The largest absolute Gasteiger partial charge is 0.466 e. The highest BCUT2D eigenvalue weighted by atomic mass is 16.3. The minimum Gasteiger partial charge on any atom is -0.466 e. The van der Waals surface area contributed by atoms with Crippen LogP contribution in [0.15, 0.2) is 10.5 Å². The van der Waals surface area contributed by atoms with E-state index in [1.165, 1.54) is 0 Å². The summed E-state index contributed by atoms with van der Waals surface area (Å²) in [6.45, 7) is 10.5. The van der Waals surface area contributed by atoms with Crippen LogP contribution in [-0.4, -0.2) is 18.5 Å². The van der Waals surface area contributed by atoms with Gasteiger partial charge in [0.1, 0.15) is 11.5 Å². The van der Waals surface area contributed by atoms with E-state index in [9.17, 15) is 4.79 Å². The van der Waals surface area contributed by atoms with Crippen molar-refractivity contribution in [1.82, 2.24) is 5.32 Å². The Morgan fingerprint density at radius 1 is 1.44 bits per heavy atom. The van der Waals surface area contributed by atoms with Crippen LogP contribution in [0.5, 0.6) is 0 Å². The Kier molecular flexibility index (Phi) is 4.57. The number of furan rings is 1. The van der Waals surface area contributed by atoms with Gasteiger partial charge in [0, 0.05) is 6.04 Å². The molecule has 0 aliphatic heterocycles. The third kappa shape index (κ3) is 3.60. The molecule has 4 nitrogen and oxygen atoms in total. The van der Waals surface area contributed by atoms with Crippen LogP contribution in [0.4, 0.5) is 0 Å². The molecule has 0 aliphatic carbocycles. The molecule has 18 heavy (non-hydrogen) atoms. The maximum absolute atomic E-state index is 12.2. The van der Waals surface area contributed by atoms with Gasteiger partial charge < -0.3 is 15.5 Å². The zero-order valence-electron chi connectivity index (χ0n) is 12.0. The van der Waals surface area contributed by atoms with E-state index in [2.05, 4.69) is 26.1 Å². The number of rotatable bonds is 4. The molecule has 0 fully saturated rings. The number of hydrogen-bond donors (Lipinski definition) is 2. The molecule has 1 aromatic rings. The summed E-state index contributed by atoms with van der Waals surface area (Å²) >= 11 is 0. The third-order valence-electron chi connectivity index (χ3n) is 3.09. The molecule has 0 aromatic carbocycles. The quantitative estimate of drug-likeness (QED) is 0.864. The summed E-state index contributed by atoms with van der Waals surface area (Å²) in [7, 11) is 0. The molecular weight excluding hydrogens is 228 g/mol. The second-order valence-corrected chi connectivity index (χ2v) is 5.80. The molecule has 4 heteroatoms. The molecule has 0 spiro atoms. The SMILES string of the molecule is Cc1cc(C(=O)NC(CCN)C(C)(C)C)c(C)o1. The lowest BCUT2D eigenvalue weighted by atomic mass is 9.84. The molecule has 1 atom stereocenters. The smallest absolute Gasteiger partial charge is 0.255 e. The van der Waals surface area contributed by atoms with E-state index in [0.717, 1.165) is 12.2 Å². The van der Waals surface area contributed by atoms with Gasteiger partial charge in [-0.15, -0.1) is 0 Å². The first-order chi connectivity index (χ1) is 8.25. The number of nitrogens with two attached hydrogens (primary N) is 1. The van der Waals surface area contributed by atoms with Crippen LogP contribution in [0.25, 0.3) is 0 Å². The maximum Gasteiger partial charge on any atom is 0.255 e. The third-order valence-corrected chi connectivity index (χ3v) is 3.09. The maximum atomic E-state index is 12.2. The van der Waals surface area contributed by atoms with Crippen LogP contribution in [0.2, 0.25) is 0 Å². The highest BCUT2D eigenvalue weighted by Crippen LogP contribution is 2.22. The number of carbonyl (C=O) groups excluding carboxylic acids is 1. The molecule has 1 amide bonds. The van der Waals surface area contributed by atoms with Crippen LogP contribution >= 0.6 is 0 Å². The number of hydrogen-bond acceptors (Lipinski definition) is 3. The molecule has 0 bridgehead atoms. The van der Waals surface area contributed by atoms with Crippen molar-refractivity contribution in [2.75, 3.05) is 6.54 Å². The summed E-state index contributed by atoms with van der Waals surface area (Å²) in [5, 5.41) is 3.05. The monoisotopic (exact) mass is 252 g/mol. The lowest BCUT2D eigenvalue weighted by Crippen LogP contribution is -2.44. The van der Waals surface area contributed by atoms with Gasteiger partial charge in [-0.2, -0.15) is 0 Å². The summed E-state index contributed by atoms with van der Waals surface area (Å²) < 4.78 is 5.38. The van der Waals surface area contributed by atoms with Gasteiger partial charge in [0.25, 0.3) is 5.91 Å². The fourth-order valence-electron chi connectivity index (χ4n) is 1.98.